The summed E-state index contributed by atoms with van der Waals surface area (Å²) in [5, 5.41) is 4.46. The lowest BCUT2D eigenvalue weighted by Gasteiger charge is -2.09. The van der Waals surface area contributed by atoms with Gasteiger partial charge in [-0.25, -0.2) is 0 Å². The van der Waals surface area contributed by atoms with Crippen LogP contribution in [-0.2, 0) is 0 Å². The molecule has 7 aromatic carbocycles. The van der Waals surface area contributed by atoms with Gasteiger partial charge in [-0.2, -0.15) is 0 Å². The van der Waals surface area contributed by atoms with E-state index >= 15 is 0 Å². The molecule has 0 bridgehead atoms. The van der Waals surface area contributed by atoms with Crippen LogP contribution in [0.3, 0.4) is 0 Å². The van der Waals surface area contributed by atoms with E-state index in [2.05, 4.69) is 162 Å². The fourth-order valence-electron chi connectivity index (χ4n) is 7.20. The van der Waals surface area contributed by atoms with Crippen LogP contribution in [-0.4, -0.2) is 4.57 Å². The Morgan fingerprint density at radius 3 is 1.74 bits per heavy atom. The Kier molecular flexibility index (Phi) is 5.57. The third kappa shape index (κ3) is 4.00. The molecule has 0 aliphatic rings. The molecule has 10 aromatic rings. The quantitative estimate of drug-likeness (QED) is 0.201. The zero-order valence-electron chi connectivity index (χ0n) is 25.4. The lowest BCUT2D eigenvalue weighted by atomic mass is 9.97. The molecule has 3 heterocycles. The zero-order valence-corrected chi connectivity index (χ0v) is 25.4. The van der Waals surface area contributed by atoms with Crippen LogP contribution in [0.4, 0.5) is 0 Å². The first-order valence-electron chi connectivity index (χ1n) is 15.9. The molecular weight excluding hydrogens is 574 g/mol. The number of rotatable bonds is 4. The van der Waals surface area contributed by atoms with E-state index in [0.717, 1.165) is 88.4 Å². The van der Waals surface area contributed by atoms with Gasteiger partial charge in [-0.05, 0) is 88.5 Å². The van der Waals surface area contributed by atoms with Crippen LogP contribution in [0.1, 0.15) is 0 Å². The molecule has 0 amide bonds. The lowest BCUT2D eigenvalue weighted by molar-refractivity contribution is 0.669. The van der Waals surface area contributed by atoms with Gasteiger partial charge in [0.2, 0.25) is 0 Å². The van der Waals surface area contributed by atoms with Gasteiger partial charge in [0.1, 0.15) is 22.3 Å². The van der Waals surface area contributed by atoms with Gasteiger partial charge >= 0.3 is 0 Å². The highest BCUT2D eigenvalue weighted by molar-refractivity contribution is 6.18. The standard InChI is InChI=1S/C44H27NO2/c1-3-11-28(12-4-1)30-21-23-35-36-24-22-31(27-41(36)46-40(35)26-30)29-13-9-14-32(25-29)34-18-10-19-38-42-44(47-43(34)38)37-17-7-8-20-39(37)45(42)33-15-5-2-6-16-33/h1-27H. The fraction of sp³-hybridized carbons (Fsp3) is 0. The van der Waals surface area contributed by atoms with Crippen LogP contribution in [0.15, 0.2) is 173 Å². The van der Waals surface area contributed by atoms with Crippen LogP contribution < -0.4 is 0 Å². The van der Waals surface area contributed by atoms with Crippen LogP contribution in [0, 0.1) is 0 Å². The topological polar surface area (TPSA) is 31.2 Å². The van der Waals surface area contributed by atoms with E-state index in [9.17, 15) is 0 Å². The van der Waals surface area contributed by atoms with Crippen LogP contribution in [0.25, 0.3) is 94.0 Å². The molecule has 0 N–H and O–H groups in total. The second-order valence-corrected chi connectivity index (χ2v) is 12.1. The van der Waals surface area contributed by atoms with Crippen LogP contribution >= 0.6 is 0 Å². The van der Waals surface area contributed by atoms with Crippen molar-refractivity contribution in [3.8, 4) is 39.1 Å². The predicted molar refractivity (Wildman–Crippen MR) is 194 cm³/mol. The highest BCUT2D eigenvalue weighted by atomic mass is 16.3. The molecule has 0 atom stereocenters. The van der Waals surface area contributed by atoms with E-state index < -0.39 is 0 Å². The molecular formula is C44H27NO2. The number of para-hydroxylation sites is 3. The first kappa shape index (κ1) is 26.0. The maximum Gasteiger partial charge on any atom is 0.161 e. The third-order valence-electron chi connectivity index (χ3n) is 9.40. The number of fused-ring (bicyclic) bond motifs is 8. The Bertz CT molecular complexity index is 2780. The third-order valence-corrected chi connectivity index (χ3v) is 9.40. The highest BCUT2D eigenvalue weighted by Crippen LogP contribution is 2.42. The van der Waals surface area contributed by atoms with Gasteiger partial charge in [0, 0.05) is 32.8 Å². The average Bonchev–Trinajstić information content (AvgIpc) is 3.80. The highest BCUT2D eigenvalue weighted by Gasteiger charge is 2.21. The molecule has 3 aromatic heterocycles. The van der Waals surface area contributed by atoms with Crippen molar-refractivity contribution in [1.82, 2.24) is 4.57 Å². The van der Waals surface area contributed by atoms with Crippen LogP contribution in [0.2, 0.25) is 0 Å². The molecule has 0 spiro atoms. The van der Waals surface area contributed by atoms with Crippen molar-refractivity contribution in [3.63, 3.8) is 0 Å². The van der Waals surface area contributed by atoms with E-state index in [1.165, 1.54) is 5.56 Å². The van der Waals surface area contributed by atoms with Crippen molar-refractivity contribution >= 4 is 54.9 Å². The summed E-state index contributed by atoms with van der Waals surface area (Å²) >= 11 is 0. The second kappa shape index (κ2) is 10.1. The van der Waals surface area contributed by atoms with E-state index in [0.29, 0.717) is 0 Å². The first-order chi connectivity index (χ1) is 23.3. The maximum atomic E-state index is 6.80. The maximum absolute atomic E-state index is 6.80. The molecule has 3 heteroatoms. The molecule has 0 saturated heterocycles. The van der Waals surface area contributed by atoms with Crippen molar-refractivity contribution in [2.24, 2.45) is 0 Å². The molecule has 10 rings (SSSR count). The number of furan rings is 2. The van der Waals surface area contributed by atoms with Crippen molar-refractivity contribution in [2.45, 2.75) is 0 Å². The molecule has 0 radical (unpaired) electrons. The molecule has 3 nitrogen and oxygen atoms in total. The summed E-state index contributed by atoms with van der Waals surface area (Å²) in [5.74, 6) is 0. The van der Waals surface area contributed by atoms with Gasteiger partial charge < -0.3 is 13.4 Å². The Morgan fingerprint density at radius 1 is 0.362 bits per heavy atom. The van der Waals surface area contributed by atoms with Gasteiger partial charge in [-0.15, -0.1) is 0 Å². The number of hydrogen-bond donors (Lipinski definition) is 0. The van der Waals surface area contributed by atoms with Gasteiger partial charge in [0.15, 0.2) is 5.58 Å². The predicted octanol–water partition coefficient (Wildman–Crippen LogP) is 12.4. The number of aromatic nitrogens is 1. The summed E-state index contributed by atoms with van der Waals surface area (Å²) in [6.07, 6.45) is 0. The minimum Gasteiger partial charge on any atom is -0.456 e. The summed E-state index contributed by atoms with van der Waals surface area (Å²) in [5.41, 5.74) is 13.7. The SMILES string of the molecule is c1ccc(-c2ccc3c(c2)oc2cc(-c4cccc(-c5cccc6c5oc5c7ccccc7n(-c7ccccc7)c65)c4)ccc23)cc1. The van der Waals surface area contributed by atoms with Gasteiger partial charge in [-0.3, -0.25) is 0 Å². The molecule has 0 aliphatic carbocycles. The van der Waals surface area contributed by atoms with E-state index in [1.807, 2.05) is 6.07 Å². The minimum atomic E-state index is 0.886. The smallest absolute Gasteiger partial charge is 0.161 e. The molecule has 0 aliphatic heterocycles. The van der Waals surface area contributed by atoms with E-state index in [1.54, 1.807) is 0 Å². The molecule has 47 heavy (non-hydrogen) atoms. The summed E-state index contributed by atoms with van der Waals surface area (Å²) in [6.45, 7) is 0. The average molecular weight is 602 g/mol. The van der Waals surface area contributed by atoms with Gasteiger partial charge in [0.25, 0.3) is 0 Å². The summed E-state index contributed by atoms with van der Waals surface area (Å²) in [7, 11) is 0. The summed E-state index contributed by atoms with van der Waals surface area (Å²) in [4.78, 5) is 0. The number of nitrogens with zero attached hydrogens (tertiary/aromatic N) is 1. The van der Waals surface area contributed by atoms with Gasteiger partial charge in [0.05, 0.1) is 5.52 Å². The Labute approximate surface area is 270 Å². The van der Waals surface area contributed by atoms with E-state index in [-0.39, 0.29) is 0 Å². The molecule has 220 valence electrons. The van der Waals surface area contributed by atoms with Crippen molar-refractivity contribution in [2.75, 3.05) is 0 Å². The summed E-state index contributed by atoms with van der Waals surface area (Å²) < 4.78 is 15.6. The molecule has 0 saturated carbocycles. The lowest BCUT2D eigenvalue weighted by Crippen LogP contribution is -1.92. The normalized spacial score (nSPS) is 11.8. The first-order valence-corrected chi connectivity index (χ1v) is 15.9. The monoisotopic (exact) mass is 601 g/mol. The van der Waals surface area contributed by atoms with Crippen molar-refractivity contribution in [3.05, 3.63) is 164 Å². The fourth-order valence-corrected chi connectivity index (χ4v) is 7.20. The number of hydrogen-bond acceptors (Lipinski definition) is 2. The molecule has 0 fully saturated rings. The minimum absolute atomic E-state index is 0.886. The Hall–Kier alpha value is -6.32. The summed E-state index contributed by atoms with van der Waals surface area (Å²) in [6, 6.07) is 57.6. The largest absolute Gasteiger partial charge is 0.456 e. The number of benzene rings is 7. The van der Waals surface area contributed by atoms with Crippen molar-refractivity contribution in [1.29, 1.82) is 0 Å². The Morgan fingerprint density at radius 2 is 0.957 bits per heavy atom. The zero-order chi connectivity index (χ0) is 30.9. The van der Waals surface area contributed by atoms with Crippen molar-refractivity contribution < 1.29 is 8.83 Å². The Balaban J connectivity index is 1.10. The van der Waals surface area contributed by atoms with Crippen LogP contribution in [0.5, 0.6) is 0 Å². The molecule has 0 unspecified atom stereocenters. The van der Waals surface area contributed by atoms with E-state index in [4.69, 9.17) is 8.83 Å². The van der Waals surface area contributed by atoms with Gasteiger partial charge in [-0.1, -0.05) is 103 Å². The second-order valence-electron chi connectivity index (χ2n) is 12.1.